The minimum Gasteiger partial charge on any atom is -0.452 e. The minimum absolute atomic E-state index is 0.136. The van der Waals surface area contributed by atoms with Gasteiger partial charge in [-0.2, -0.15) is 0 Å². The number of para-hydroxylation sites is 1. The van der Waals surface area contributed by atoms with E-state index in [1.807, 2.05) is 0 Å². The van der Waals surface area contributed by atoms with Crippen LogP contribution >= 0.6 is 0 Å². The van der Waals surface area contributed by atoms with Gasteiger partial charge in [-0.3, -0.25) is 14.9 Å². The van der Waals surface area contributed by atoms with Gasteiger partial charge in [-0.15, -0.1) is 0 Å². The van der Waals surface area contributed by atoms with Crippen LogP contribution in [0.1, 0.15) is 33.4 Å². The van der Waals surface area contributed by atoms with E-state index in [1.165, 1.54) is 6.92 Å². The molecular weight excluding hydrogens is 326 g/mol. The van der Waals surface area contributed by atoms with Gasteiger partial charge in [0.05, 0.1) is 6.42 Å². The maximum atomic E-state index is 12.0. The average Bonchev–Trinajstić information content (AvgIpc) is 2.88. The molecule has 0 saturated heterocycles. The summed E-state index contributed by atoms with van der Waals surface area (Å²) in [4.78, 5) is 35.6. The summed E-state index contributed by atoms with van der Waals surface area (Å²) in [6.45, 7) is 6.73. The molecule has 0 unspecified atom stereocenters. The molecule has 2 rings (SSSR count). The SMILES string of the molecule is C[C@H](OC(=O)Cc1noc2ccccc12)C(=O)NC(=O)NC(C)(C)C. The summed E-state index contributed by atoms with van der Waals surface area (Å²) in [6, 6.07) is 6.47. The molecule has 0 radical (unpaired) electrons. The number of benzene rings is 1. The zero-order valence-corrected chi connectivity index (χ0v) is 14.6. The predicted molar refractivity (Wildman–Crippen MR) is 89.7 cm³/mol. The van der Waals surface area contributed by atoms with Crippen LogP contribution in [0.3, 0.4) is 0 Å². The van der Waals surface area contributed by atoms with Crippen LogP contribution in [0.2, 0.25) is 0 Å². The lowest BCUT2D eigenvalue weighted by molar-refractivity contribution is -0.153. The van der Waals surface area contributed by atoms with Crippen molar-refractivity contribution in [2.24, 2.45) is 0 Å². The molecular formula is C17H21N3O5. The van der Waals surface area contributed by atoms with Gasteiger partial charge in [0.25, 0.3) is 5.91 Å². The molecule has 134 valence electrons. The fourth-order valence-corrected chi connectivity index (χ4v) is 2.08. The van der Waals surface area contributed by atoms with Gasteiger partial charge < -0.3 is 14.6 Å². The average molecular weight is 347 g/mol. The van der Waals surface area contributed by atoms with Crippen molar-refractivity contribution in [1.82, 2.24) is 15.8 Å². The Hall–Kier alpha value is -2.90. The first-order chi connectivity index (χ1) is 11.7. The molecule has 0 saturated carbocycles. The second-order valence-corrected chi connectivity index (χ2v) is 6.63. The number of carbonyl (C=O) groups excluding carboxylic acids is 3. The van der Waals surface area contributed by atoms with E-state index in [1.54, 1.807) is 45.0 Å². The Balaban J connectivity index is 1.89. The van der Waals surface area contributed by atoms with Crippen LogP contribution in [0, 0.1) is 0 Å². The first-order valence-electron chi connectivity index (χ1n) is 7.81. The first kappa shape index (κ1) is 18.4. The monoisotopic (exact) mass is 347 g/mol. The summed E-state index contributed by atoms with van der Waals surface area (Å²) in [5.74, 6) is -1.35. The number of carbonyl (C=O) groups is 3. The van der Waals surface area contributed by atoms with Gasteiger partial charge in [0.2, 0.25) is 0 Å². The summed E-state index contributed by atoms with van der Waals surface area (Å²) < 4.78 is 10.2. The van der Waals surface area contributed by atoms with Crippen LogP contribution in [0.5, 0.6) is 0 Å². The van der Waals surface area contributed by atoms with Gasteiger partial charge in [0.15, 0.2) is 11.7 Å². The van der Waals surface area contributed by atoms with Crippen molar-refractivity contribution in [1.29, 1.82) is 0 Å². The molecule has 25 heavy (non-hydrogen) atoms. The molecule has 0 aliphatic heterocycles. The number of hydrogen-bond donors (Lipinski definition) is 2. The van der Waals surface area contributed by atoms with Crippen molar-refractivity contribution in [2.45, 2.75) is 45.8 Å². The highest BCUT2D eigenvalue weighted by atomic mass is 16.5. The number of nitrogens with zero attached hydrogens (tertiary/aromatic N) is 1. The van der Waals surface area contributed by atoms with Crippen molar-refractivity contribution in [3.8, 4) is 0 Å². The maximum absolute atomic E-state index is 12.0. The third-order valence-electron chi connectivity index (χ3n) is 3.17. The Morgan fingerprint density at radius 3 is 2.60 bits per heavy atom. The molecule has 0 aliphatic rings. The highest BCUT2D eigenvalue weighted by Crippen LogP contribution is 2.18. The molecule has 2 aromatic rings. The van der Waals surface area contributed by atoms with Gasteiger partial charge in [0.1, 0.15) is 5.69 Å². The third kappa shape index (κ3) is 5.30. The number of rotatable bonds is 4. The molecule has 0 bridgehead atoms. The Kier molecular flexibility index (Phi) is 5.41. The summed E-state index contributed by atoms with van der Waals surface area (Å²) in [5.41, 5.74) is 0.506. The van der Waals surface area contributed by atoms with Gasteiger partial charge >= 0.3 is 12.0 Å². The largest absolute Gasteiger partial charge is 0.452 e. The maximum Gasteiger partial charge on any atom is 0.321 e. The van der Waals surface area contributed by atoms with E-state index in [0.717, 1.165) is 0 Å². The topological polar surface area (TPSA) is 111 Å². The number of urea groups is 1. The van der Waals surface area contributed by atoms with Crippen molar-refractivity contribution in [3.63, 3.8) is 0 Å². The predicted octanol–water partition coefficient (Wildman–Crippen LogP) is 1.93. The number of imide groups is 1. The second kappa shape index (κ2) is 7.33. The number of hydrogen-bond acceptors (Lipinski definition) is 6. The van der Waals surface area contributed by atoms with Gasteiger partial charge in [-0.1, -0.05) is 17.3 Å². The van der Waals surface area contributed by atoms with E-state index < -0.39 is 29.6 Å². The molecule has 2 N–H and O–H groups in total. The number of esters is 1. The van der Waals surface area contributed by atoms with E-state index in [2.05, 4.69) is 15.8 Å². The molecule has 8 heteroatoms. The van der Waals surface area contributed by atoms with Crippen molar-refractivity contribution in [2.75, 3.05) is 0 Å². The zero-order valence-electron chi connectivity index (χ0n) is 14.6. The summed E-state index contributed by atoms with van der Waals surface area (Å²) >= 11 is 0. The van der Waals surface area contributed by atoms with E-state index in [-0.39, 0.29) is 6.42 Å². The molecule has 3 amide bonds. The lowest BCUT2D eigenvalue weighted by atomic mass is 10.1. The molecule has 8 nitrogen and oxygen atoms in total. The Bertz CT molecular complexity index is 791. The number of nitrogens with one attached hydrogen (secondary N) is 2. The summed E-state index contributed by atoms with van der Waals surface area (Å²) in [6.07, 6.45) is -1.25. The fourth-order valence-electron chi connectivity index (χ4n) is 2.08. The normalized spacial score (nSPS) is 12.5. The van der Waals surface area contributed by atoms with Crippen LogP contribution in [-0.4, -0.2) is 34.7 Å². The van der Waals surface area contributed by atoms with Gasteiger partial charge in [0, 0.05) is 10.9 Å². The highest BCUT2D eigenvalue weighted by Gasteiger charge is 2.23. The first-order valence-corrected chi connectivity index (χ1v) is 7.81. The van der Waals surface area contributed by atoms with E-state index in [9.17, 15) is 14.4 Å². The van der Waals surface area contributed by atoms with E-state index >= 15 is 0 Å². The summed E-state index contributed by atoms with van der Waals surface area (Å²) in [5, 5.41) is 9.26. The number of ether oxygens (including phenoxy) is 1. The van der Waals surface area contributed by atoms with E-state index in [0.29, 0.717) is 16.7 Å². The molecule has 1 atom stereocenters. The Morgan fingerprint density at radius 1 is 1.24 bits per heavy atom. The third-order valence-corrected chi connectivity index (χ3v) is 3.17. The zero-order chi connectivity index (χ0) is 18.6. The molecule has 0 spiro atoms. The van der Waals surface area contributed by atoms with Crippen LogP contribution in [0.25, 0.3) is 11.0 Å². The summed E-state index contributed by atoms with van der Waals surface area (Å²) in [7, 11) is 0. The fraction of sp³-hybridized carbons (Fsp3) is 0.412. The smallest absolute Gasteiger partial charge is 0.321 e. The van der Waals surface area contributed by atoms with Gasteiger partial charge in [-0.05, 0) is 39.8 Å². The molecule has 0 aliphatic carbocycles. The molecule has 0 fully saturated rings. The van der Waals surface area contributed by atoms with E-state index in [4.69, 9.17) is 9.26 Å². The number of fused-ring (bicyclic) bond motifs is 1. The van der Waals surface area contributed by atoms with Crippen LogP contribution < -0.4 is 10.6 Å². The molecule has 1 aromatic carbocycles. The minimum atomic E-state index is -1.11. The quantitative estimate of drug-likeness (QED) is 0.818. The van der Waals surface area contributed by atoms with Gasteiger partial charge in [-0.25, -0.2) is 4.79 Å². The standard InChI is InChI=1S/C17H21N3O5/c1-10(15(22)18-16(23)19-17(2,3)4)24-14(21)9-12-11-7-5-6-8-13(11)25-20-12/h5-8,10H,9H2,1-4H3,(H2,18,19,22,23)/t10-/m0/s1. The highest BCUT2D eigenvalue weighted by molar-refractivity contribution is 5.97. The van der Waals surface area contributed by atoms with Crippen LogP contribution in [0.4, 0.5) is 4.79 Å². The second-order valence-electron chi connectivity index (χ2n) is 6.63. The lowest BCUT2D eigenvalue weighted by Crippen LogP contribution is -2.50. The van der Waals surface area contributed by atoms with Crippen molar-refractivity contribution in [3.05, 3.63) is 30.0 Å². The van der Waals surface area contributed by atoms with Crippen molar-refractivity contribution >= 4 is 28.9 Å². The van der Waals surface area contributed by atoms with Crippen molar-refractivity contribution < 1.29 is 23.6 Å². The number of amides is 3. The van der Waals surface area contributed by atoms with Crippen LogP contribution in [0.15, 0.2) is 28.8 Å². The number of aromatic nitrogens is 1. The Labute approximate surface area is 144 Å². The molecule has 1 heterocycles. The Morgan fingerprint density at radius 2 is 1.92 bits per heavy atom. The van der Waals surface area contributed by atoms with Crippen LogP contribution in [-0.2, 0) is 20.7 Å². The molecule has 1 aromatic heterocycles. The lowest BCUT2D eigenvalue weighted by Gasteiger charge is -2.21.